The Hall–Kier alpha value is -1.62. The third-order valence-corrected chi connectivity index (χ3v) is 2.26. The molecule has 0 aliphatic rings. The second-order valence-electron chi connectivity index (χ2n) is 3.21. The molecule has 80 valence electrons. The zero-order valence-corrected chi connectivity index (χ0v) is 8.73. The number of hydrogen-bond acceptors (Lipinski definition) is 5. The Bertz CT molecular complexity index is 404. The van der Waals surface area contributed by atoms with E-state index >= 15 is 0 Å². The van der Waals surface area contributed by atoms with Gasteiger partial charge in [0.25, 0.3) is 5.89 Å². The second kappa shape index (κ2) is 4.27. The molecule has 2 aromatic heterocycles. The van der Waals surface area contributed by atoms with Gasteiger partial charge in [-0.15, -0.1) is 10.2 Å². The van der Waals surface area contributed by atoms with Crippen LogP contribution in [0, 0.1) is 0 Å². The van der Waals surface area contributed by atoms with Crippen LogP contribution < -0.4 is 5.32 Å². The zero-order valence-electron chi connectivity index (χ0n) is 8.73. The molecule has 2 aromatic rings. The quantitative estimate of drug-likeness (QED) is 0.830. The Morgan fingerprint density at radius 1 is 1.47 bits per heavy atom. The van der Waals surface area contributed by atoms with Crippen molar-refractivity contribution >= 4 is 0 Å². The van der Waals surface area contributed by atoms with E-state index in [4.69, 9.17) is 8.83 Å². The lowest BCUT2D eigenvalue weighted by molar-refractivity contribution is 0.415. The SMILES string of the molecule is CCC(NC)c1nnc(-c2ccoc2)o1. The Labute approximate surface area is 87.5 Å². The van der Waals surface area contributed by atoms with Crippen molar-refractivity contribution in [2.24, 2.45) is 0 Å². The highest BCUT2D eigenvalue weighted by Crippen LogP contribution is 2.21. The molecule has 0 aromatic carbocycles. The first-order chi connectivity index (χ1) is 7.35. The predicted octanol–water partition coefficient (Wildman–Crippen LogP) is 2.00. The van der Waals surface area contributed by atoms with Gasteiger partial charge >= 0.3 is 0 Å². The van der Waals surface area contributed by atoms with E-state index in [9.17, 15) is 0 Å². The summed E-state index contributed by atoms with van der Waals surface area (Å²) in [6.45, 7) is 2.06. The van der Waals surface area contributed by atoms with Crippen molar-refractivity contribution in [2.75, 3.05) is 7.05 Å². The van der Waals surface area contributed by atoms with Crippen LogP contribution in [0.25, 0.3) is 11.5 Å². The fourth-order valence-corrected chi connectivity index (χ4v) is 1.38. The van der Waals surface area contributed by atoms with Crippen molar-refractivity contribution in [3.63, 3.8) is 0 Å². The van der Waals surface area contributed by atoms with Crippen molar-refractivity contribution in [2.45, 2.75) is 19.4 Å². The van der Waals surface area contributed by atoms with Gasteiger partial charge in [-0.2, -0.15) is 0 Å². The lowest BCUT2D eigenvalue weighted by atomic mass is 10.2. The van der Waals surface area contributed by atoms with Crippen molar-refractivity contribution in [1.29, 1.82) is 0 Å². The molecule has 1 unspecified atom stereocenters. The first kappa shape index (κ1) is 9.92. The topological polar surface area (TPSA) is 64.1 Å². The fourth-order valence-electron chi connectivity index (χ4n) is 1.38. The molecule has 0 saturated heterocycles. The minimum Gasteiger partial charge on any atom is -0.472 e. The molecular weight excluding hydrogens is 194 g/mol. The number of nitrogens with one attached hydrogen (secondary N) is 1. The Morgan fingerprint density at radius 2 is 2.33 bits per heavy atom. The lowest BCUT2D eigenvalue weighted by Crippen LogP contribution is -2.15. The third-order valence-electron chi connectivity index (χ3n) is 2.26. The third kappa shape index (κ3) is 1.92. The van der Waals surface area contributed by atoms with Gasteiger partial charge in [0.2, 0.25) is 5.89 Å². The standard InChI is InChI=1S/C10H13N3O2/c1-3-8(11-2)10-13-12-9(15-10)7-4-5-14-6-7/h4-6,8,11H,3H2,1-2H3. The minimum atomic E-state index is 0.109. The number of nitrogens with zero attached hydrogens (tertiary/aromatic N) is 2. The summed E-state index contributed by atoms with van der Waals surface area (Å²) in [6, 6.07) is 1.90. The van der Waals surface area contributed by atoms with Crippen molar-refractivity contribution in [1.82, 2.24) is 15.5 Å². The summed E-state index contributed by atoms with van der Waals surface area (Å²) in [4.78, 5) is 0. The summed E-state index contributed by atoms with van der Waals surface area (Å²) >= 11 is 0. The molecule has 0 bridgehead atoms. The van der Waals surface area contributed by atoms with Gasteiger partial charge in [0, 0.05) is 0 Å². The van der Waals surface area contributed by atoms with Crippen LogP contribution in [0.3, 0.4) is 0 Å². The number of aromatic nitrogens is 2. The van der Waals surface area contributed by atoms with Gasteiger partial charge in [0.05, 0.1) is 17.9 Å². The van der Waals surface area contributed by atoms with E-state index < -0.39 is 0 Å². The normalized spacial score (nSPS) is 12.9. The maximum Gasteiger partial charge on any atom is 0.251 e. The number of furan rings is 1. The van der Waals surface area contributed by atoms with Crippen LogP contribution >= 0.6 is 0 Å². The first-order valence-corrected chi connectivity index (χ1v) is 4.88. The van der Waals surface area contributed by atoms with Gasteiger partial charge in [-0.1, -0.05) is 6.92 Å². The largest absolute Gasteiger partial charge is 0.472 e. The molecule has 2 heterocycles. The molecule has 0 radical (unpaired) electrons. The van der Waals surface area contributed by atoms with Gasteiger partial charge in [0.15, 0.2) is 0 Å². The predicted molar refractivity (Wildman–Crippen MR) is 54.1 cm³/mol. The summed E-state index contributed by atoms with van der Waals surface area (Å²) in [7, 11) is 1.87. The van der Waals surface area contributed by atoms with Gasteiger partial charge < -0.3 is 14.2 Å². The second-order valence-corrected chi connectivity index (χ2v) is 3.21. The van der Waals surface area contributed by atoms with E-state index in [2.05, 4.69) is 22.4 Å². The molecule has 15 heavy (non-hydrogen) atoms. The molecule has 2 rings (SSSR count). The Morgan fingerprint density at radius 3 is 2.93 bits per heavy atom. The highest BCUT2D eigenvalue weighted by Gasteiger charge is 2.15. The Balaban J connectivity index is 2.24. The first-order valence-electron chi connectivity index (χ1n) is 4.88. The molecule has 5 nitrogen and oxygen atoms in total. The van der Waals surface area contributed by atoms with Crippen LogP contribution in [0.4, 0.5) is 0 Å². The van der Waals surface area contributed by atoms with Gasteiger partial charge in [-0.3, -0.25) is 0 Å². The molecule has 0 fully saturated rings. The maximum absolute atomic E-state index is 5.53. The van der Waals surface area contributed by atoms with Crippen molar-refractivity contribution < 1.29 is 8.83 Å². The summed E-state index contributed by atoms with van der Waals surface area (Å²) in [5.74, 6) is 1.10. The summed E-state index contributed by atoms with van der Waals surface area (Å²) in [6.07, 6.45) is 4.07. The lowest BCUT2D eigenvalue weighted by Gasteiger charge is -2.06. The van der Waals surface area contributed by atoms with E-state index in [0.717, 1.165) is 12.0 Å². The molecule has 1 atom stereocenters. The van der Waals surface area contributed by atoms with E-state index in [1.165, 1.54) is 0 Å². The van der Waals surface area contributed by atoms with E-state index in [-0.39, 0.29) is 6.04 Å². The molecule has 0 saturated carbocycles. The average Bonchev–Trinajstić information content (AvgIpc) is 2.89. The molecule has 0 aliphatic heterocycles. The molecular formula is C10H13N3O2. The molecule has 1 N–H and O–H groups in total. The molecule has 0 spiro atoms. The fraction of sp³-hybridized carbons (Fsp3) is 0.400. The van der Waals surface area contributed by atoms with E-state index in [1.54, 1.807) is 18.6 Å². The van der Waals surface area contributed by atoms with E-state index in [1.807, 2.05) is 7.05 Å². The molecule has 0 amide bonds. The number of hydrogen-bond donors (Lipinski definition) is 1. The highest BCUT2D eigenvalue weighted by molar-refractivity contribution is 5.49. The molecule has 0 aliphatic carbocycles. The van der Waals surface area contributed by atoms with Crippen LogP contribution in [-0.4, -0.2) is 17.2 Å². The van der Waals surface area contributed by atoms with Crippen LogP contribution in [0.15, 0.2) is 27.4 Å². The van der Waals surface area contributed by atoms with E-state index in [0.29, 0.717) is 11.8 Å². The zero-order chi connectivity index (χ0) is 10.7. The summed E-state index contributed by atoms with van der Waals surface area (Å²) < 4.78 is 10.5. The minimum absolute atomic E-state index is 0.109. The van der Waals surface area contributed by atoms with Gasteiger partial charge in [0.1, 0.15) is 6.26 Å². The Kier molecular flexibility index (Phi) is 2.82. The molecule has 5 heteroatoms. The van der Waals surface area contributed by atoms with Crippen LogP contribution in [0.2, 0.25) is 0 Å². The van der Waals surface area contributed by atoms with Crippen LogP contribution in [0.5, 0.6) is 0 Å². The van der Waals surface area contributed by atoms with Crippen molar-refractivity contribution in [3.05, 3.63) is 24.5 Å². The smallest absolute Gasteiger partial charge is 0.251 e. The van der Waals surface area contributed by atoms with Gasteiger partial charge in [-0.05, 0) is 19.5 Å². The van der Waals surface area contributed by atoms with Crippen LogP contribution in [-0.2, 0) is 0 Å². The number of rotatable bonds is 4. The monoisotopic (exact) mass is 207 g/mol. The highest BCUT2D eigenvalue weighted by atomic mass is 16.4. The maximum atomic E-state index is 5.53. The van der Waals surface area contributed by atoms with Crippen molar-refractivity contribution in [3.8, 4) is 11.5 Å². The average molecular weight is 207 g/mol. The summed E-state index contributed by atoms with van der Waals surface area (Å²) in [5, 5.41) is 11.1. The summed E-state index contributed by atoms with van der Waals surface area (Å²) in [5.41, 5.74) is 0.805. The van der Waals surface area contributed by atoms with Gasteiger partial charge in [-0.25, -0.2) is 0 Å². The van der Waals surface area contributed by atoms with Crippen LogP contribution in [0.1, 0.15) is 25.3 Å².